The molecule has 0 spiro atoms. The van der Waals surface area contributed by atoms with E-state index in [1.54, 1.807) is 4.90 Å². The number of nitrogens with zero attached hydrogens (tertiary/aromatic N) is 5. The van der Waals surface area contributed by atoms with Crippen molar-refractivity contribution in [2.45, 2.75) is 115 Å². The van der Waals surface area contributed by atoms with Gasteiger partial charge in [-0.2, -0.15) is 0 Å². The summed E-state index contributed by atoms with van der Waals surface area (Å²) >= 11 is 0. The minimum Gasteiger partial charge on any atom is -0.444 e. The summed E-state index contributed by atoms with van der Waals surface area (Å²) in [7, 11) is 0. The molecular formula is C30H38N6O5. The van der Waals surface area contributed by atoms with E-state index in [-0.39, 0.29) is 48.4 Å². The van der Waals surface area contributed by atoms with Crippen molar-refractivity contribution in [1.29, 1.82) is 0 Å². The van der Waals surface area contributed by atoms with Crippen LogP contribution in [0.1, 0.15) is 95.1 Å². The minimum absolute atomic E-state index is 0.0127. The van der Waals surface area contributed by atoms with Gasteiger partial charge >= 0.3 is 6.09 Å². The fourth-order valence-electron chi connectivity index (χ4n) is 6.37. The fraction of sp³-hybridized carbons (Fsp3) is 0.633. The molecule has 11 heteroatoms. The van der Waals surface area contributed by atoms with Crippen LogP contribution in [0.25, 0.3) is 10.4 Å². The monoisotopic (exact) mass is 562 g/mol. The maximum atomic E-state index is 13.2. The van der Waals surface area contributed by atoms with E-state index in [0.717, 1.165) is 55.2 Å². The number of rotatable bonds is 4. The van der Waals surface area contributed by atoms with Crippen LogP contribution in [0.2, 0.25) is 0 Å². The third-order valence-corrected chi connectivity index (χ3v) is 8.50. The molecular weight excluding hydrogens is 524 g/mol. The maximum absolute atomic E-state index is 13.2. The Morgan fingerprint density at radius 3 is 2.56 bits per heavy atom. The van der Waals surface area contributed by atoms with E-state index >= 15 is 0 Å². The number of fused-ring (bicyclic) bond motifs is 1. The Balaban J connectivity index is 1.22. The molecule has 0 bridgehead atoms. The summed E-state index contributed by atoms with van der Waals surface area (Å²) in [6, 6.07) is 5.26. The Hall–Kier alpha value is -3.58. The van der Waals surface area contributed by atoms with Gasteiger partial charge in [-0.15, -0.1) is 0 Å². The number of imide groups is 1. The molecule has 1 aromatic carbocycles. The van der Waals surface area contributed by atoms with Gasteiger partial charge in [0.15, 0.2) is 0 Å². The largest absolute Gasteiger partial charge is 0.444 e. The molecule has 1 aromatic rings. The first-order chi connectivity index (χ1) is 19.5. The van der Waals surface area contributed by atoms with Gasteiger partial charge in [-0.1, -0.05) is 23.0 Å². The molecule has 5 rings (SSSR count). The number of piperidine rings is 1. The van der Waals surface area contributed by atoms with Gasteiger partial charge in [0.25, 0.3) is 0 Å². The van der Waals surface area contributed by atoms with Crippen LogP contribution in [0.3, 0.4) is 0 Å². The van der Waals surface area contributed by atoms with Gasteiger partial charge in [0, 0.05) is 47.5 Å². The maximum Gasteiger partial charge on any atom is 0.410 e. The van der Waals surface area contributed by atoms with Gasteiger partial charge in [0.05, 0.1) is 6.04 Å². The molecule has 41 heavy (non-hydrogen) atoms. The Bertz CT molecular complexity index is 1310. The molecule has 218 valence electrons. The predicted octanol–water partition coefficient (Wildman–Crippen LogP) is 4.29. The van der Waals surface area contributed by atoms with E-state index in [4.69, 9.17) is 10.3 Å². The summed E-state index contributed by atoms with van der Waals surface area (Å²) in [4.78, 5) is 43.7. The number of hydrogen-bond acceptors (Lipinski definition) is 7. The molecule has 3 amide bonds. The summed E-state index contributed by atoms with van der Waals surface area (Å²) in [5.41, 5.74) is 10.7. The van der Waals surface area contributed by atoms with Crippen LogP contribution in [-0.2, 0) is 20.9 Å². The van der Waals surface area contributed by atoms with Gasteiger partial charge in [-0.3, -0.25) is 19.8 Å². The van der Waals surface area contributed by atoms with Crippen LogP contribution in [-0.4, -0.2) is 62.6 Å². The highest BCUT2D eigenvalue weighted by molar-refractivity contribution is 6.00. The average molecular weight is 563 g/mol. The first-order valence-corrected chi connectivity index (χ1v) is 14.5. The van der Waals surface area contributed by atoms with Crippen molar-refractivity contribution < 1.29 is 24.2 Å². The molecule has 2 N–H and O–H groups in total. The first kappa shape index (κ1) is 28.9. The predicted molar refractivity (Wildman–Crippen MR) is 150 cm³/mol. The van der Waals surface area contributed by atoms with E-state index in [9.17, 15) is 19.5 Å². The van der Waals surface area contributed by atoms with E-state index in [0.29, 0.717) is 13.0 Å². The molecule has 2 aliphatic heterocycles. The second-order valence-electron chi connectivity index (χ2n) is 12.6. The number of ether oxygens (including phenoxy) is 1. The lowest BCUT2D eigenvalue weighted by molar-refractivity contribution is -0.141. The van der Waals surface area contributed by atoms with Gasteiger partial charge in [0.2, 0.25) is 11.8 Å². The standard InChI is InChI=1S/C30H38N6O5/c1-30(2,3)41-29(40)36(22-9-7-21(8-10-22)33-34-31)23-15-19(16-23)5-4-18-6-11-24-20(14-18)17-35(28(24)39)25-12-13-26(37)32-27(25)38/h6,11,14,19,21-23,25,28,39H,7-10,12-13,15-17H2,1-3H3,(H,32,37,38). The molecule has 2 heterocycles. The summed E-state index contributed by atoms with van der Waals surface area (Å²) in [5, 5.41) is 17.1. The van der Waals surface area contributed by atoms with E-state index < -0.39 is 17.9 Å². The topological polar surface area (TPSA) is 148 Å². The van der Waals surface area contributed by atoms with Crippen LogP contribution in [0.15, 0.2) is 23.3 Å². The molecule has 2 saturated carbocycles. The van der Waals surface area contributed by atoms with Crippen LogP contribution >= 0.6 is 0 Å². The number of carbonyl (C=O) groups excluding carboxylic acids is 3. The summed E-state index contributed by atoms with van der Waals surface area (Å²) < 4.78 is 5.77. The Morgan fingerprint density at radius 2 is 1.90 bits per heavy atom. The number of aliphatic hydroxyl groups is 1. The lowest BCUT2D eigenvalue weighted by Crippen LogP contribution is -2.54. The van der Waals surface area contributed by atoms with Crippen LogP contribution in [0.4, 0.5) is 4.79 Å². The zero-order valence-electron chi connectivity index (χ0n) is 23.9. The van der Waals surface area contributed by atoms with E-state index in [1.165, 1.54) is 0 Å². The van der Waals surface area contributed by atoms with Gasteiger partial charge < -0.3 is 14.7 Å². The smallest absolute Gasteiger partial charge is 0.410 e. The first-order valence-electron chi connectivity index (χ1n) is 14.5. The van der Waals surface area contributed by atoms with Crippen molar-refractivity contribution in [3.8, 4) is 11.8 Å². The third-order valence-electron chi connectivity index (χ3n) is 8.50. The quantitative estimate of drug-likeness (QED) is 0.184. The molecule has 2 atom stereocenters. The van der Waals surface area contributed by atoms with E-state index in [2.05, 4.69) is 27.2 Å². The van der Waals surface area contributed by atoms with Crippen molar-refractivity contribution in [2.24, 2.45) is 11.0 Å². The lowest BCUT2D eigenvalue weighted by Gasteiger charge is -2.46. The lowest BCUT2D eigenvalue weighted by atomic mass is 9.78. The van der Waals surface area contributed by atoms with Crippen LogP contribution in [0, 0.1) is 17.8 Å². The highest BCUT2D eigenvalue weighted by Gasteiger charge is 2.42. The highest BCUT2D eigenvalue weighted by atomic mass is 16.6. The van der Waals surface area contributed by atoms with Gasteiger partial charge in [-0.05, 0) is 94.5 Å². The Kier molecular flexibility index (Phi) is 8.28. The van der Waals surface area contributed by atoms with Crippen molar-refractivity contribution in [2.75, 3.05) is 0 Å². The molecule has 2 unspecified atom stereocenters. The zero-order valence-corrected chi connectivity index (χ0v) is 23.9. The third kappa shape index (κ3) is 6.51. The second kappa shape index (κ2) is 11.7. The number of azide groups is 1. The van der Waals surface area contributed by atoms with Crippen molar-refractivity contribution in [3.63, 3.8) is 0 Å². The number of nitrogens with one attached hydrogen (secondary N) is 1. The fourth-order valence-corrected chi connectivity index (χ4v) is 6.37. The summed E-state index contributed by atoms with van der Waals surface area (Å²) in [6.07, 6.45) is 4.10. The SMILES string of the molecule is CC(C)(C)OC(=O)N(C1CCC(N=[N+]=[N-])CC1)C1CC(C#Cc2ccc3c(c2)CN(C2CCC(=O)NC2=O)C3O)C1. The number of aliphatic hydroxyl groups excluding tert-OH is 1. The second-order valence-corrected chi connectivity index (χ2v) is 12.6. The molecule has 0 radical (unpaired) electrons. The summed E-state index contributed by atoms with van der Waals surface area (Å²) in [6.45, 7) is 6.03. The Labute approximate surface area is 240 Å². The number of amides is 3. The van der Waals surface area contributed by atoms with Gasteiger partial charge in [-0.25, -0.2) is 4.79 Å². The Morgan fingerprint density at radius 1 is 1.17 bits per heavy atom. The number of carbonyl (C=O) groups is 3. The molecule has 3 fully saturated rings. The molecule has 1 saturated heterocycles. The average Bonchev–Trinajstić information content (AvgIpc) is 3.20. The minimum atomic E-state index is -0.899. The molecule has 11 nitrogen and oxygen atoms in total. The van der Waals surface area contributed by atoms with Crippen molar-refractivity contribution in [1.82, 2.24) is 15.1 Å². The zero-order chi connectivity index (χ0) is 29.3. The van der Waals surface area contributed by atoms with Crippen molar-refractivity contribution in [3.05, 3.63) is 45.3 Å². The highest BCUT2D eigenvalue weighted by Crippen LogP contribution is 2.38. The molecule has 2 aliphatic carbocycles. The summed E-state index contributed by atoms with van der Waals surface area (Å²) in [5.74, 6) is 6.15. The van der Waals surface area contributed by atoms with Crippen LogP contribution in [0.5, 0.6) is 0 Å². The normalized spacial score (nSPS) is 29.7. The van der Waals surface area contributed by atoms with Crippen molar-refractivity contribution >= 4 is 17.9 Å². The molecule has 0 aromatic heterocycles. The van der Waals surface area contributed by atoms with E-state index in [1.807, 2.05) is 43.9 Å². The van der Waals surface area contributed by atoms with Crippen LogP contribution < -0.4 is 5.32 Å². The van der Waals surface area contributed by atoms with Gasteiger partial charge in [0.1, 0.15) is 11.8 Å². The number of hydrogen-bond donors (Lipinski definition) is 2. The number of benzene rings is 1. The molecule has 4 aliphatic rings.